The van der Waals surface area contributed by atoms with Gasteiger partial charge in [0.05, 0.1) is 0 Å². The van der Waals surface area contributed by atoms with E-state index >= 15 is 0 Å². The molecule has 8 heavy (non-hydrogen) atoms. The lowest BCUT2D eigenvalue weighted by molar-refractivity contribution is 1.29. The minimum absolute atomic E-state index is 1.24. The van der Waals surface area contributed by atoms with Gasteiger partial charge in [0.2, 0.25) is 0 Å². The molecule has 0 unspecified atom stereocenters. The second-order valence-corrected chi connectivity index (χ2v) is 2.04. The SMILES string of the molecule is CC(C)=C(C)/C=C/N. The smallest absolute Gasteiger partial charge is 0.00597 e. The Morgan fingerprint density at radius 1 is 1.25 bits per heavy atom. The van der Waals surface area contributed by atoms with Gasteiger partial charge in [-0.25, -0.2) is 0 Å². The second kappa shape index (κ2) is 3.30. The molecule has 0 aliphatic heterocycles. The van der Waals surface area contributed by atoms with Crippen molar-refractivity contribution >= 4 is 0 Å². The maximum absolute atomic E-state index is 5.15. The molecule has 0 aromatic heterocycles. The summed E-state index contributed by atoms with van der Waals surface area (Å²) >= 11 is 0. The molecule has 0 aromatic rings. The summed E-state index contributed by atoms with van der Waals surface area (Å²) in [7, 11) is 0. The Labute approximate surface area is 50.9 Å². The van der Waals surface area contributed by atoms with Crippen LogP contribution in [-0.2, 0) is 0 Å². The summed E-state index contributed by atoms with van der Waals surface area (Å²) in [6.07, 6.45) is 3.46. The highest BCUT2D eigenvalue weighted by Gasteiger charge is 1.81. The average molecular weight is 111 g/mol. The van der Waals surface area contributed by atoms with E-state index in [9.17, 15) is 0 Å². The van der Waals surface area contributed by atoms with Gasteiger partial charge in [-0.05, 0) is 33.0 Å². The summed E-state index contributed by atoms with van der Waals surface area (Å²) in [5, 5.41) is 0. The monoisotopic (exact) mass is 111 g/mol. The van der Waals surface area contributed by atoms with Crippen molar-refractivity contribution in [1.82, 2.24) is 0 Å². The van der Waals surface area contributed by atoms with Crippen molar-refractivity contribution in [2.24, 2.45) is 5.73 Å². The van der Waals surface area contributed by atoms with Gasteiger partial charge in [0.25, 0.3) is 0 Å². The van der Waals surface area contributed by atoms with Crippen LogP contribution in [0.4, 0.5) is 0 Å². The lowest BCUT2D eigenvalue weighted by Gasteiger charge is -1.91. The van der Waals surface area contributed by atoms with Crippen LogP contribution >= 0.6 is 0 Å². The number of rotatable bonds is 1. The highest BCUT2D eigenvalue weighted by atomic mass is 14.5. The van der Waals surface area contributed by atoms with Crippen molar-refractivity contribution in [2.45, 2.75) is 20.8 Å². The van der Waals surface area contributed by atoms with E-state index < -0.39 is 0 Å². The fourth-order valence-corrected chi connectivity index (χ4v) is 0.311. The molecule has 0 aliphatic rings. The Morgan fingerprint density at radius 2 is 1.75 bits per heavy atom. The molecule has 0 atom stereocenters. The summed E-state index contributed by atoms with van der Waals surface area (Å²) in [6, 6.07) is 0. The number of hydrogen-bond donors (Lipinski definition) is 1. The van der Waals surface area contributed by atoms with Crippen LogP contribution in [0.25, 0.3) is 0 Å². The summed E-state index contributed by atoms with van der Waals surface area (Å²) in [5.41, 5.74) is 7.71. The van der Waals surface area contributed by atoms with Crippen molar-refractivity contribution < 1.29 is 0 Å². The molecule has 0 spiro atoms. The van der Waals surface area contributed by atoms with Gasteiger partial charge in [-0.2, -0.15) is 0 Å². The van der Waals surface area contributed by atoms with E-state index in [4.69, 9.17) is 5.73 Å². The van der Waals surface area contributed by atoms with Crippen LogP contribution in [0.2, 0.25) is 0 Å². The maximum atomic E-state index is 5.15. The Kier molecular flexibility index (Phi) is 3.01. The molecule has 0 aromatic carbocycles. The first-order valence-corrected chi connectivity index (χ1v) is 2.71. The molecule has 2 N–H and O–H groups in total. The quantitative estimate of drug-likeness (QED) is 0.513. The third-order valence-corrected chi connectivity index (χ3v) is 1.13. The lowest BCUT2D eigenvalue weighted by atomic mass is 10.2. The highest BCUT2D eigenvalue weighted by Crippen LogP contribution is 2.01. The first-order valence-electron chi connectivity index (χ1n) is 2.71. The Balaban J connectivity index is 4.00. The summed E-state index contributed by atoms with van der Waals surface area (Å²) in [5.74, 6) is 0. The van der Waals surface area contributed by atoms with Crippen molar-refractivity contribution in [3.63, 3.8) is 0 Å². The van der Waals surface area contributed by atoms with Gasteiger partial charge in [-0.15, -0.1) is 0 Å². The Morgan fingerprint density at radius 3 is 1.88 bits per heavy atom. The molecule has 1 heteroatoms. The first kappa shape index (κ1) is 7.28. The molecular formula is C7H13N. The van der Waals surface area contributed by atoms with Crippen LogP contribution < -0.4 is 5.73 Å². The lowest BCUT2D eigenvalue weighted by Crippen LogP contribution is -1.78. The van der Waals surface area contributed by atoms with E-state index in [1.807, 2.05) is 13.0 Å². The predicted molar refractivity (Wildman–Crippen MR) is 37.4 cm³/mol. The zero-order valence-corrected chi connectivity index (χ0v) is 5.73. The van der Waals surface area contributed by atoms with E-state index in [0.29, 0.717) is 0 Å². The van der Waals surface area contributed by atoms with Crippen LogP contribution in [0.1, 0.15) is 20.8 Å². The molecule has 0 aliphatic carbocycles. The van der Waals surface area contributed by atoms with Crippen LogP contribution in [0, 0.1) is 0 Å². The van der Waals surface area contributed by atoms with Crippen LogP contribution in [0.15, 0.2) is 23.4 Å². The third-order valence-electron chi connectivity index (χ3n) is 1.13. The Bertz CT molecular complexity index is 116. The fourth-order valence-electron chi connectivity index (χ4n) is 0.311. The number of hydrogen-bond acceptors (Lipinski definition) is 1. The first-order chi connectivity index (χ1) is 3.68. The van der Waals surface area contributed by atoms with E-state index in [2.05, 4.69) is 13.8 Å². The van der Waals surface area contributed by atoms with Crippen molar-refractivity contribution in [3.05, 3.63) is 23.4 Å². The molecular weight excluding hydrogens is 98.1 g/mol. The largest absolute Gasteiger partial charge is 0.405 e. The molecule has 46 valence electrons. The molecule has 0 rings (SSSR count). The van der Waals surface area contributed by atoms with E-state index in [1.165, 1.54) is 11.1 Å². The number of nitrogens with two attached hydrogens (primary N) is 1. The minimum Gasteiger partial charge on any atom is -0.405 e. The zero-order chi connectivity index (χ0) is 6.57. The molecule has 0 radical (unpaired) electrons. The van der Waals surface area contributed by atoms with Crippen LogP contribution in [-0.4, -0.2) is 0 Å². The van der Waals surface area contributed by atoms with Gasteiger partial charge >= 0.3 is 0 Å². The van der Waals surface area contributed by atoms with Crippen LogP contribution in [0.3, 0.4) is 0 Å². The molecule has 0 amide bonds. The van der Waals surface area contributed by atoms with E-state index in [1.54, 1.807) is 6.20 Å². The predicted octanol–water partition coefficient (Wildman–Crippen LogP) is 1.82. The molecule has 1 nitrogen and oxygen atoms in total. The highest BCUT2D eigenvalue weighted by molar-refractivity contribution is 5.19. The summed E-state index contributed by atoms with van der Waals surface area (Å²) in [6.45, 7) is 6.17. The minimum atomic E-state index is 1.24. The molecule has 0 saturated carbocycles. The molecule has 0 bridgehead atoms. The van der Waals surface area contributed by atoms with Gasteiger partial charge in [0.15, 0.2) is 0 Å². The van der Waals surface area contributed by atoms with E-state index in [-0.39, 0.29) is 0 Å². The number of allylic oxidation sites excluding steroid dienone is 3. The van der Waals surface area contributed by atoms with Gasteiger partial charge in [0.1, 0.15) is 0 Å². The maximum Gasteiger partial charge on any atom is -0.00597 e. The summed E-state index contributed by atoms with van der Waals surface area (Å²) < 4.78 is 0. The van der Waals surface area contributed by atoms with Gasteiger partial charge in [-0.3, -0.25) is 0 Å². The standard InChI is InChI=1S/C7H13N/c1-6(2)7(3)4-5-8/h4-5H,8H2,1-3H3/b5-4+. The Hall–Kier alpha value is -0.720. The van der Waals surface area contributed by atoms with Gasteiger partial charge in [0, 0.05) is 0 Å². The van der Waals surface area contributed by atoms with Gasteiger partial charge < -0.3 is 5.73 Å². The normalized spacial score (nSPS) is 9.88. The van der Waals surface area contributed by atoms with Crippen LogP contribution in [0.5, 0.6) is 0 Å². The van der Waals surface area contributed by atoms with Gasteiger partial charge in [-0.1, -0.05) is 11.1 Å². The zero-order valence-electron chi connectivity index (χ0n) is 5.73. The average Bonchev–Trinajstić information content (AvgIpc) is 1.67. The molecule has 0 saturated heterocycles. The van der Waals surface area contributed by atoms with Crippen molar-refractivity contribution in [1.29, 1.82) is 0 Å². The molecule has 0 heterocycles. The fraction of sp³-hybridized carbons (Fsp3) is 0.429. The van der Waals surface area contributed by atoms with Crippen molar-refractivity contribution in [2.75, 3.05) is 0 Å². The van der Waals surface area contributed by atoms with E-state index in [0.717, 1.165) is 0 Å². The topological polar surface area (TPSA) is 26.0 Å². The van der Waals surface area contributed by atoms with Crippen molar-refractivity contribution in [3.8, 4) is 0 Å². The summed E-state index contributed by atoms with van der Waals surface area (Å²) in [4.78, 5) is 0. The molecule has 0 fully saturated rings. The second-order valence-electron chi connectivity index (χ2n) is 2.04. The third kappa shape index (κ3) is 2.45.